The number of hydrogen-bond donors (Lipinski definition) is 1. The minimum atomic E-state index is 0.745. The van der Waals surface area contributed by atoms with Crippen LogP contribution < -0.4 is 5.32 Å². The van der Waals surface area contributed by atoms with Gasteiger partial charge in [-0.15, -0.1) is 0 Å². The quantitative estimate of drug-likeness (QED) is 0.846. The second kappa shape index (κ2) is 6.22. The molecule has 1 N–H and O–H groups in total. The molecule has 1 aromatic heterocycles. The number of nitrogens with zero attached hydrogens (tertiary/aromatic N) is 2. The van der Waals surface area contributed by atoms with Gasteiger partial charge in [-0.25, -0.2) is 4.68 Å². The number of aromatic nitrogens is 2. The monoisotopic (exact) mass is 277 g/mol. The van der Waals surface area contributed by atoms with Crippen LogP contribution in [0.3, 0.4) is 0 Å². The van der Waals surface area contributed by atoms with E-state index in [1.807, 2.05) is 18.5 Å². The highest BCUT2D eigenvalue weighted by Crippen LogP contribution is 2.22. The van der Waals surface area contributed by atoms with Crippen molar-refractivity contribution in [3.63, 3.8) is 0 Å². The van der Waals surface area contributed by atoms with Crippen LogP contribution >= 0.6 is 11.6 Å². The second-order valence-corrected chi connectivity index (χ2v) is 5.12. The van der Waals surface area contributed by atoms with Crippen LogP contribution in [0.15, 0.2) is 24.3 Å². The molecule has 102 valence electrons. The van der Waals surface area contributed by atoms with E-state index in [-0.39, 0.29) is 0 Å². The Morgan fingerprint density at radius 3 is 2.74 bits per heavy atom. The minimum Gasteiger partial charge on any atom is -0.313 e. The maximum absolute atomic E-state index is 6.19. The normalized spacial score (nSPS) is 10.9. The Hall–Kier alpha value is -1.32. The number of hydrogen-bond acceptors (Lipinski definition) is 2. The molecular weight excluding hydrogens is 258 g/mol. The average molecular weight is 278 g/mol. The predicted molar refractivity (Wildman–Crippen MR) is 80.0 cm³/mol. The van der Waals surface area contributed by atoms with Gasteiger partial charge < -0.3 is 5.32 Å². The van der Waals surface area contributed by atoms with Crippen molar-refractivity contribution in [2.24, 2.45) is 0 Å². The van der Waals surface area contributed by atoms with E-state index < -0.39 is 0 Å². The first-order valence-corrected chi connectivity index (χ1v) is 7.03. The van der Waals surface area contributed by atoms with E-state index in [0.29, 0.717) is 0 Å². The van der Waals surface area contributed by atoms with Crippen molar-refractivity contribution in [1.82, 2.24) is 15.1 Å². The Kier molecular flexibility index (Phi) is 4.61. The van der Waals surface area contributed by atoms with Gasteiger partial charge in [0.05, 0.1) is 22.1 Å². The molecule has 0 aliphatic heterocycles. The molecule has 0 unspecified atom stereocenters. The van der Waals surface area contributed by atoms with E-state index in [1.165, 1.54) is 5.56 Å². The molecule has 0 atom stereocenters. The summed E-state index contributed by atoms with van der Waals surface area (Å²) in [5.74, 6) is 0. The number of benzene rings is 1. The zero-order valence-corrected chi connectivity index (χ0v) is 12.5. The lowest BCUT2D eigenvalue weighted by atomic mass is 10.2. The van der Waals surface area contributed by atoms with Gasteiger partial charge in [-0.2, -0.15) is 5.10 Å². The molecule has 19 heavy (non-hydrogen) atoms. The molecule has 0 bridgehead atoms. The largest absolute Gasteiger partial charge is 0.313 e. The molecule has 2 aromatic rings. The van der Waals surface area contributed by atoms with Crippen LogP contribution in [0.5, 0.6) is 0 Å². The Bertz CT molecular complexity index is 561. The second-order valence-electron chi connectivity index (χ2n) is 4.74. The highest BCUT2D eigenvalue weighted by Gasteiger charge is 2.10. The molecule has 3 nitrogen and oxygen atoms in total. The van der Waals surface area contributed by atoms with Gasteiger partial charge in [-0.1, -0.05) is 30.7 Å². The van der Waals surface area contributed by atoms with Crippen molar-refractivity contribution >= 4 is 11.6 Å². The molecule has 0 radical (unpaired) electrons. The van der Waals surface area contributed by atoms with Gasteiger partial charge >= 0.3 is 0 Å². The van der Waals surface area contributed by atoms with Crippen LogP contribution in [0.1, 0.15) is 30.3 Å². The molecule has 0 saturated heterocycles. The summed E-state index contributed by atoms with van der Waals surface area (Å²) in [4.78, 5) is 0. The molecule has 0 aliphatic rings. The molecule has 4 heteroatoms. The highest BCUT2D eigenvalue weighted by atomic mass is 35.5. The number of aryl methyl sites for hydroxylation is 1. The van der Waals surface area contributed by atoms with Crippen LogP contribution in [0.2, 0.25) is 5.02 Å². The molecule has 0 saturated carbocycles. The SMILES string of the molecule is CCCNCc1cccc(-n2nc(C)c(Cl)c2C)c1. The summed E-state index contributed by atoms with van der Waals surface area (Å²) in [6.45, 7) is 8.01. The Balaban J connectivity index is 2.25. The van der Waals surface area contributed by atoms with E-state index in [9.17, 15) is 0 Å². The fourth-order valence-corrected chi connectivity index (χ4v) is 2.20. The highest BCUT2D eigenvalue weighted by molar-refractivity contribution is 6.31. The number of halogens is 1. The smallest absolute Gasteiger partial charge is 0.0848 e. The molecule has 0 fully saturated rings. The van der Waals surface area contributed by atoms with Crippen LogP contribution in [-0.2, 0) is 6.54 Å². The van der Waals surface area contributed by atoms with Gasteiger partial charge in [0, 0.05) is 6.54 Å². The van der Waals surface area contributed by atoms with Crippen molar-refractivity contribution in [1.29, 1.82) is 0 Å². The lowest BCUT2D eigenvalue weighted by Crippen LogP contribution is -2.14. The summed E-state index contributed by atoms with van der Waals surface area (Å²) in [7, 11) is 0. The van der Waals surface area contributed by atoms with Gasteiger partial charge in [0.25, 0.3) is 0 Å². The Morgan fingerprint density at radius 1 is 1.32 bits per heavy atom. The van der Waals surface area contributed by atoms with Crippen LogP contribution in [0.25, 0.3) is 5.69 Å². The van der Waals surface area contributed by atoms with Crippen molar-refractivity contribution in [2.45, 2.75) is 33.7 Å². The van der Waals surface area contributed by atoms with E-state index >= 15 is 0 Å². The zero-order valence-electron chi connectivity index (χ0n) is 11.7. The Morgan fingerprint density at radius 2 is 2.11 bits per heavy atom. The number of nitrogens with one attached hydrogen (secondary N) is 1. The topological polar surface area (TPSA) is 29.9 Å². The third-order valence-corrected chi connectivity index (χ3v) is 3.66. The first-order chi connectivity index (χ1) is 9.13. The van der Waals surface area contributed by atoms with Gasteiger partial charge in [0.1, 0.15) is 0 Å². The van der Waals surface area contributed by atoms with E-state index in [1.54, 1.807) is 0 Å². The molecular formula is C15H20ClN3. The van der Waals surface area contributed by atoms with Gasteiger partial charge in [-0.05, 0) is 44.5 Å². The fraction of sp³-hybridized carbons (Fsp3) is 0.400. The van der Waals surface area contributed by atoms with Crippen molar-refractivity contribution < 1.29 is 0 Å². The van der Waals surface area contributed by atoms with Crippen molar-refractivity contribution in [3.05, 3.63) is 46.2 Å². The summed E-state index contributed by atoms with van der Waals surface area (Å²) < 4.78 is 1.90. The molecule has 2 rings (SSSR count). The summed E-state index contributed by atoms with van der Waals surface area (Å²) >= 11 is 6.19. The lowest BCUT2D eigenvalue weighted by molar-refractivity contribution is 0.674. The lowest BCUT2D eigenvalue weighted by Gasteiger charge is -2.08. The number of rotatable bonds is 5. The molecule has 1 aromatic carbocycles. The van der Waals surface area contributed by atoms with E-state index in [0.717, 1.165) is 41.6 Å². The third kappa shape index (κ3) is 3.17. The fourth-order valence-electron chi connectivity index (χ4n) is 2.08. The Labute approximate surface area is 119 Å². The minimum absolute atomic E-state index is 0.745. The van der Waals surface area contributed by atoms with Gasteiger partial charge in [-0.3, -0.25) is 0 Å². The van der Waals surface area contributed by atoms with Gasteiger partial charge in [0.15, 0.2) is 0 Å². The average Bonchev–Trinajstić information content (AvgIpc) is 2.67. The molecule has 0 aliphatic carbocycles. The predicted octanol–water partition coefficient (Wildman–Crippen LogP) is 3.64. The zero-order chi connectivity index (χ0) is 13.8. The van der Waals surface area contributed by atoms with Gasteiger partial charge in [0.2, 0.25) is 0 Å². The van der Waals surface area contributed by atoms with Crippen molar-refractivity contribution in [2.75, 3.05) is 6.54 Å². The molecule has 0 spiro atoms. The maximum Gasteiger partial charge on any atom is 0.0848 e. The van der Waals surface area contributed by atoms with Crippen LogP contribution in [0.4, 0.5) is 0 Å². The van der Waals surface area contributed by atoms with Crippen LogP contribution in [0, 0.1) is 13.8 Å². The summed E-state index contributed by atoms with van der Waals surface area (Å²) in [6, 6.07) is 8.39. The first-order valence-electron chi connectivity index (χ1n) is 6.65. The summed E-state index contributed by atoms with van der Waals surface area (Å²) in [5, 5.41) is 8.63. The van der Waals surface area contributed by atoms with Crippen molar-refractivity contribution in [3.8, 4) is 5.69 Å². The first kappa shape index (κ1) is 14.1. The summed E-state index contributed by atoms with van der Waals surface area (Å²) in [6.07, 6.45) is 1.15. The summed E-state index contributed by atoms with van der Waals surface area (Å²) in [5.41, 5.74) is 4.17. The molecule has 1 heterocycles. The van der Waals surface area contributed by atoms with E-state index in [2.05, 4.69) is 41.6 Å². The van der Waals surface area contributed by atoms with E-state index in [4.69, 9.17) is 11.6 Å². The van der Waals surface area contributed by atoms with Crippen LogP contribution in [-0.4, -0.2) is 16.3 Å². The standard InChI is InChI=1S/C15H20ClN3/c1-4-8-17-10-13-6-5-7-14(9-13)19-12(3)15(16)11(2)18-19/h5-7,9,17H,4,8,10H2,1-3H3. The third-order valence-electron chi connectivity index (χ3n) is 3.11. The maximum atomic E-state index is 6.19. The molecule has 0 amide bonds.